The lowest BCUT2D eigenvalue weighted by Crippen LogP contribution is -2.14. The highest BCUT2D eigenvalue weighted by Gasteiger charge is 2.07. The second-order valence-electron chi connectivity index (χ2n) is 3.87. The molecule has 0 aliphatic carbocycles. The van der Waals surface area contributed by atoms with E-state index in [2.05, 4.69) is 11.8 Å². The van der Waals surface area contributed by atoms with E-state index in [0.717, 1.165) is 24.1 Å². The van der Waals surface area contributed by atoms with E-state index in [4.69, 9.17) is 4.74 Å². The molecule has 0 unspecified atom stereocenters. The van der Waals surface area contributed by atoms with E-state index in [1.54, 1.807) is 11.3 Å². The summed E-state index contributed by atoms with van der Waals surface area (Å²) in [4.78, 5) is 11.9. The lowest BCUT2D eigenvalue weighted by atomic mass is 10.1. The monoisotopic (exact) mass is 262 g/mol. The lowest BCUT2D eigenvalue weighted by Gasteiger charge is -2.13. The number of allylic oxidation sites excluding steroid dienone is 2. The first-order chi connectivity index (χ1) is 8.72. The van der Waals surface area contributed by atoms with Crippen LogP contribution in [0.2, 0.25) is 0 Å². The third kappa shape index (κ3) is 6.27. The topological polar surface area (TPSA) is 26.3 Å². The predicted octanol–water partition coefficient (Wildman–Crippen LogP) is 3.78. The van der Waals surface area contributed by atoms with Gasteiger partial charge in [0, 0.05) is 6.92 Å². The van der Waals surface area contributed by atoms with Crippen molar-refractivity contribution in [2.24, 2.45) is 0 Å². The zero-order valence-electron chi connectivity index (χ0n) is 10.8. The molecule has 1 aromatic rings. The van der Waals surface area contributed by atoms with E-state index < -0.39 is 0 Å². The number of carbonyl (C=O) groups excluding carboxylic acids is 1. The van der Waals surface area contributed by atoms with Crippen molar-refractivity contribution in [3.05, 3.63) is 34.5 Å². The molecule has 0 bridgehead atoms. The van der Waals surface area contributed by atoms with Crippen LogP contribution in [-0.4, -0.2) is 12.1 Å². The normalized spacial score (nSPS) is 11.9. The van der Waals surface area contributed by atoms with Gasteiger partial charge < -0.3 is 4.74 Å². The Kier molecular flexibility index (Phi) is 6.90. The van der Waals surface area contributed by atoms with Crippen molar-refractivity contribution in [1.29, 1.82) is 0 Å². The molecule has 1 heterocycles. The molecule has 2 nitrogen and oxygen atoms in total. The van der Waals surface area contributed by atoms with E-state index >= 15 is 0 Å². The van der Waals surface area contributed by atoms with Gasteiger partial charge in [-0.3, -0.25) is 4.79 Å². The van der Waals surface area contributed by atoms with Gasteiger partial charge in [0.05, 0.1) is 4.88 Å². The quantitative estimate of drug-likeness (QED) is 0.596. The molecule has 1 atom stereocenters. The van der Waals surface area contributed by atoms with E-state index in [1.165, 1.54) is 6.92 Å². The Morgan fingerprint density at radius 2 is 2.44 bits per heavy atom. The first kappa shape index (κ1) is 14.5. The van der Waals surface area contributed by atoms with E-state index in [1.807, 2.05) is 36.6 Å². The summed E-state index contributed by atoms with van der Waals surface area (Å²) in [6.07, 6.45) is 6.50. The Morgan fingerprint density at radius 3 is 3.06 bits per heavy atom. The molecule has 0 radical (unpaired) electrons. The third-order valence-electron chi connectivity index (χ3n) is 2.36. The van der Waals surface area contributed by atoms with E-state index in [9.17, 15) is 4.79 Å². The van der Waals surface area contributed by atoms with E-state index in [0.29, 0.717) is 0 Å². The molecule has 0 spiro atoms. The maximum Gasteiger partial charge on any atom is 0.302 e. The van der Waals surface area contributed by atoms with Gasteiger partial charge in [0.15, 0.2) is 0 Å². The second-order valence-corrected chi connectivity index (χ2v) is 4.81. The summed E-state index contributed by atoms with van der Waals surface area (Å²) in [5.74, 6) is 5.84. The third-order valence-corrected chi connectivity index (χ3v) is 3.15. The van der Waals surface area contributed by atoms with Crippen molar-refractivity contribution < 1.29 is 9.53 Å². The van der Waals surface area contributed by atoms with Crippen molar-refractivity contribution in [1.82, 2.24) is 0 Å². The number of esters is 1. The summed E-state index contributed by atoms with van der Waals surface area (Å²) in [6.45, 7) is 3.47. The summed E-state index contributed by atoms with van der Waals surface area (Å²) in [5.41, 5.74) is 0. The van der Waals surface area contributed by atoms with Crippen molar-refractivity contribution in [3.63, 3.8) is 0 Å². The summed E-state index contributed by atoms with van der Waals surface area (Å²) in [5, 5.41) is 2.01. The van der Waals surface area contributed by atoms with Crippen LogP contribution < -0.4 is 0 Å². The number of hydrogen-bond acceptors (Lipinski definition) is 3. The Balaban J connectivity index is 2.26. The molecule has 18 heavy (non-hydrogen) atoms. The molecule has 0 fully saturated rings. The first-order valence-electron chi connectivity index (χ1n) is 6.09. The summed E-state index contributed by atoms with van der Waals surface area (Å²) < 4.78 is 5.16. The van der Waals surface area contributed by atoms with Gasteiger partial charge in [-0.15, -0.1) is 11.3 Å². The maximum atomic E-state index is 10.8. The SMILES string of the molecule is CC[C@H](CCC=CC#Cc1cccs1)OC(C)=O. The number of rotatable bonds is 5. The minimum absolute atomic E-state index is 0.0254. The smallest absolute Gasteiger partial charge is 0.302 e. The van der Waals surface area contributed by atoms with Crippen molar-refractivity contribution in [3.8, 4) is 11.8 Å². The molecule has 0 aromatic carbocycles. The fraction of sp³-hybridized carbons (Fsp3) is 0.400. The molecule has 1 rings (SSSR count). The Bertz CT molecular complexity index is 435. The molecular formula is C15H18O2S. The minimum atomic E-state index is -0.205. The van der Waals surface area contributed by atoms with Gasteiger partial charge in [0.1, 0.15) is 6.10 Å². The molecule has 0 saturated heterocycles. The molecule has 3 heteroatoms. The highest BCUT2D eigenvalue weighted by molar-refractivity contribution is 7.10. The van der Waals surface area contributed by atoms with Crippen LogP contribution in [-0.2, 0) is 9.53 Å². The van der Waals surface area contributed by atoms with Gasteiger partial charge in [0.25, 0.3) is 0 Å². The van der Waals surface area contributed by atoms with Crippen LogP contribution in [0.4, 0.5) is 0 Å². The largest absolute Gasteiger partial charge is 0.463 e. The van der Waals surface area contributed by atoms with Crippen LogP contribution in [0.25, 0.3) is 0 Å². The van der Waals surface area contributed by atoms with Gasteiger partial charge in [0.2, 0.25) is 0 Å². The highest BCUT2D eigenvalue weighted by atomic mass is 32.1. The Hall–Kier alpha value is -1.53. The maximum absolute atomic E-state index is 10.8. The molecule has 0 N–H and O–H groups in total. The van der Waals surface area contributed by atoms with Crippen LogP contribution >= 0.6 is 11.3 Å². The minimum Gasteiger partial charge on any atom is -0.463 e. The zero-order valence-corrected chi connectivity index (χ0v) is 11.6. The molecule has 0 amide bonds. The standard InChI is InChI=1S/C15H18O2S/c1-3-14(17-13(2)16)9-6-4-5-7-10-15-11-8-12-18-15/h4-5,8,11-12,14H,3,6,9H2,1-2H3/t14-/m1/s1. The molecule has 0 aliphatic rings. The van der Waals surface area contributed by atoms with Crippen LogP contribution in [0.15, 0.2) is 29.7 Å². The average Bonchev–Trinajstić information content (AvgIpc) is 2.84. The summed E-state index contributed by atoms with van der Waals surface area (Å²) in [7, 11) is 0. The number of carbonyl (C=O) groups is 1. The van der Waals surface area contributed by atoms with Gasteiger partial charge in [-0.2, -0.15) is 0 Å². The fourth-order valence-corrected chi connectivity index (χ4v) is 2.05. The van der Waals surface area contributed by atoms with E-state index in [-0.39, 0.29) is 12.1 Å². The predicted molar refractivity (Wildman–Crippen MR) is 75.4 cm³/mol. The molecular weight excluding hydrogens is 244 g/mol. The number of thiophene rings is 1. The van der Waals surface area contributed by atoms with Gasteiger partial charge >= 0.3 is 5.97 Å². The van der Waals surface area contributed by atoms with Gasteiger partial charge in [-0.05, 0) is 36.8 Å². The summed E-state index contributed by atoms with van der Waals surface area (Å²) in [6, 6.07) is 3.99. The molecule has 1 aromatic heterocycles. The van der Waals surface area contributed by atoms with Crippen molar-refractivity contribution in [2.75, 3.05) is 0 Å². The van der Waals surface area contributed by atoms with Crippen molar-refractivity contribution in [2.45, 2.75) is 39.2 Å². The molecule has 96 valence electrons. The number of ether oxygens (including phenoxy) is 1. The van der Waals surface area contributed by atoms with Crippen LogP contribution in [0.1, 0.15) is 38.0 Å². The van der Waals surface area contributed by atoms with Crippen LogP contribution in [0.3, 0.4) is 0 Å². The Labute approximate surface area is 113 Å². The van der Waals surface area contributed by atoms with Crippen molar-refractivity contribution >= 4 is 17.3 Å². The summed E-state index contributed by atoms with van der Waals surface area (Å²) >= 11 is 1.64. The van der Waals surface area contributed by atoms with Gasteiger partial charge in [-0.25, -0.2) is 0 Å². The Morgan fingerprint density at radius 1 is 1.61 bits per heavy atom. The average molecular weight is 262 g/mol. The molecule has 0 saturated carbocycles. The number of hydrogen-bond donors (Lipinski definition) is 0. The van der Waals surface area contributed by atoms with Crippen LogP contribution in [0.5, 0.6) is 0 Å². The van der Waals surface area contributed by atoms with Gasteiger partial charge in [-0.1, -0.05) is 30.9 Å². The highest BCUT2D eigenvalue weighted by Crippen LogP contribution is 2.08. The first-order valence-corrected chi connectivity index (χ1v) is 6.97. The zero-order chi connectivity index (χ0) is 13.2. The fourth-order valence-electron chi connectivity index (χ4n) is 1.47. The lowest BCUT2D eigenvalue weighted by molar-refractivity contribution is -0.146. The molecule has 0 aliphatic heterocycles. The second kappa shape index (κ2) is 8.54. The van der Waals surface area contributed by atoms with Crippen LogP contribution in [0, 0.1) is 11.8 Å².